The van der Waals surface area contributed by atoms with Crippen molar-refractivity contribution in [1.82, 2.24) is 0 Å². The van der Waals surface area contributed by atoms with Crippen LogP contribution in [0.1, 0.15) is 11.1 Å². The van der Waals surface area contributed by atoms with Crippen molar-refractivity contribution >= 4 is 22.9 Å². The summed E-state index contributed by atoms with van der Waals surface area (Å²) < 4.78 is 18.3. The molecule has 5 nitrogen and oxygen atoms in total. The standard InChI is InChI=1S/C15H13FN2O3S/c16-12-4-1-10(2-5-12)9-21-14-6-3-11(8-15(17)22)7-13(14)18(19)20/h1-7H,8-9H2,(H2,17,22). The van der Waals surface area contributed by atoms with Crippen LogP contribution in [0.3, 0.4) is 0 Å². The van der Waals surface area contributed by atoms with Crippen LogP contribution in [0.5, 0.6) is 5.75 Å². The zero-order chi connectivity index (χ0) is 16.1. The Morgan fingerprint density at radius 2 is 1.86 bits per heavy atom. The first-order chi connectivity index (χ1) is 10.5. The molecular formula is C15H13FN2O3S. The average Bonchev–Trinajstić information content (AvgIpc) is 2.46. The Balaban J connectivity index is 2.17. The Kier molecular flexibility index (Phi) is 5.00. The summed E-state index contributed by atoms with van der Waals surface area (Å²) in [6.07, 6.45) is 0.286. The van der Waals surface area contributed by atoms with Crippen molar-refractivity contribution in [3.63, 3.8) is 0 Å². The van der Waals surface area contributed by atoms with E-state index in [2.05, 4.69) is 0 Å². The number of thiocarbonyl (C=S) groups is 1. The molecule has 0 radical (unpaired) electrons. The fraction of sp³-hybridized carbons (Fsp3) is 0.133. The molecule has 0 aromatic heterocycles. The SMILES string of the molecule is NC(=S)Cc1ccc(OCc2ccc(F)cc2)c([N+](=O)[O-])c1. The summed E-state index contributed by atoms with van der Waals surface area (Å²) in [5.41, 5.74) is 6.64. The van der Waals surface area contributed by atoms with E-state index in [0.29, 0.717) is 11.1 Å². The summed E-state index contributed by atoms with van der Waals surface area (Å²) in [5.74, 6) is -0.210. The molecule has 114 valence electrons. The zero-order valence-corrected chi connectivity index (χ0v) is 12.3. The van der Waals surface area contributed by atoms with Crippen LogP contribution in [0.25, 0.3) is 0 Å². The van der Waals surface area contributed by atoms with Gasteiger partial charge < -0.3 is 10.5 Å². The molecule has 0 aliphatic carbocycles. The van der Waals surface area contributed by atoms with Crippen LogP contribution in [0, 0.1) is 15.9 Å². The molecule has 2 N–H and O–H groups in total. The number of nitrogens with zero attached hydrogens (tertiary/aromatic N) is 1. The van der Waals surface area contributed by atoms with Gasteiger partial charge in [0.25, 0.3) is 0 Å². The molecule has 0 amide bonds. The molecule has 22 heavy (non-hydrogen) atoms. The maximum Gasteiger partial charge on any atom is 0.311 e. The highest BCUT2D eigenvalue weighted by Crippen LogP contribution is 2.29. The van der Waals surface area contributed by atoms with E-state index in [9.17, 15) is 14.5 Å². The average molecular weight is 320 g/mol. The van der Waals surface area contributed by atoms with Crippen LogP contribution in [0.15, 0.2) is 42.5 Å². The summed E-state index contributed by atoms with van der Waals surface area (Å²) >= 11 is 4.79. The van der Waals surface area contributed by atoms with Crippen molar-refractivity contribution in [1.29, 1.82) is 0 Å². The van der Waals surface area contributed by atoms with Gasteiger partial charge in [-0.3, -0.25) is 10.1 Å². The van der Waals surface area contributed by atoms with Crippen molar-refractivity contribution in [2.75, 3.05) is 0 Å². The monoisotopic (exact) mass is 320 g/mol. The number of ether oxygens (including phenoxy) is 1. The molecule has 7 heteroatoms. The molecule has 0 aliphatic heterocycles. The summed E-state index contributed by atoms with van der Waals surface area (Å²) in [5, 5.41) is 11.1. The molecule has 0 atom stereocenters. The molecular weight excluding hydrogens is 307 g/mol. The van der Waals surface area contributed by atoms with E-state index in [-0.39, 0.29) is 35.3 Å². The predicted octanol–water partition coefficient (Wildman–Crippen LogP) is 3.14. The molecule has 0 fully saturated rings. The smallest absolute Gasteiger partial charge is 0.311 e. The van der Waals surface area contributed by atoms with Crippen LogP contribution in [-0.2, 0) is 13.0 Å². The van der Waals surface area contributed by atoms with E-state index in [1.54, 1.807) is 18.2 Å². The molecule has 0 heterocycles. The lowest BCUT2D eigenvalue weighted by Gasteiger charge is -2.08. The second kappa shape index (κ2) is 6.95. The van der Waals surface area contributed by atoms with E-state index in [1.807, 2.05) is 0 Å². The van der Waals surface area contributed by atoms with Gasteiger partial charge >= 0.3 is 5.69 Å². The molecule has 2 rings (SSSR count). The third-order valence-corrected chi connectivity index (χ3v) is 3.05. The van der Waals surface area contributed by atoms with Gasteiger partial charge in [0.1, 0.15) is 12.4 Å². The lowest BCUT2D eigenvalue weighted by Crippen LogP contribution is -2.11. The van der Waals surface area contributed by atoms with Crippen molar-refractivity contribution in [3.05, 3.63) is 69.5 Å². The van der Waals surface area contributed by atoms with Crippen LogP contribution in [-0.4, -0.2) is 9.91 Å². The topological polar surface area (TPSA) is 78.4 Å². The number of rotatable bonds is 6. The minimum Gasteiger partial charge on any atom is -0.482 e. The van der Waals surface area contributed by atoms with Gasteiger partial charge in [-0.1, -0.05) is 30.4 Å². The molecule has 0 saturated carbocycles. The van der Waals surface area contributed by atoms with Crippen LogP contribution >= 0.6 is 12.2 Å². The predicted molar refractivity (Wildman–Crippen MR) is 84.3 cm³/mol. The van der Waals surface area contributed by atoms with E-state index >= 15 is 0 Å². The van der Waals surface area contributed by atoms with Gasteiger partial charge in [-0.15, -0.1) is 0 Å². The van der Waals surface area contributed by atoms with Crippen LogP contribution in [0.4, 0.5) is 10.1 Å². The number of benzene rings is 2. The Labute approximate surface area is 131 Å². The highest BCUT2D eigenvalue weighted by Gasteiger charge is 2.16. The third kappa shape index (κ3) is 4.23. The lowest BCUT2D eigenvalue weighted by molar-refractivity contribution is -0.386. The Bertz CT molecular complexity index is 704. The van der Waals surface area contributed by atoms with Gasteiger partial charge in [-0.25, -0.2) is 4.39 Å². The number of hydrogen-bond acceptors (Lipinski definition) is 4. The number of nitro benzene ring substituents is 1. The van der Waals surface area contributed by atoms with Gasteiger partial charge in [-0.2, -0.15) is 0 Å². The van der Waals surface area contributed by atoms with Gasteiger partial charge in [0.2, 0.25) is 0 Å². The fourth-order valence-corrected chi connectivity index (χ4v) is 2.05. The lowest BCUT2D eigenvalue weighted by atomic mass is 10.1. The Morgan fingerprint density at radius 1 is 1.23 bits per heavy atom. The minimum atomic E-state index is -0.525. The maximum atomic E-state index is 12.8. The summed E-state index contributed by atoms with van der Waals surface area (Å²) in [4.78, 5) is 10.9. The quantitative estimate of drug-likeness (QED) is 0.502. The fourth-order valence-electron chi connectivity index (χ4n) is 1.88. The number of hydrogen-bond donors (Lipinski definition) is 1. The van der Waals surface area contributed by atoms with Crippen LogP contribution in [0.2, 0.25) is 0 Å². The van der Waals surface area contributed by atoms with Crippen molar-refractivity contribution < 1.29 is 14.1 Å². The zero-order valence-electron chi connectivity index (χ0n) is 11.5. The highest BCUT2D eigenvalue weighted by atomic mass is 32.1. The van der Waals surface area contributed by atoms with E-state index < -0.39 is 4.92 Å². The molecule has 0 unspecified atom stereocenters. The summed E-state index contributed by atoms with van der Waals surface area (Å²) in [7, 11) is 0. The van der Waals surface area contributed by atoms with Crippen molar-refractivity contribution in [2.45, 2.75) is 13.0 Å². The van der Waals surface area contributed by atoms with Crippen molar-refractivity contribution in [2.24, 2.45) is 5.73 Å². The number of nitro groups is 1. The van der Waals surface area contributed by atoms with E-state index in [0.717, 1.165) is 0 Å². The Hall–Kier alpha value is -2.54. The normalized spacial score (nSPS) is 10.2. The molecule has 0 saturated heterocycles. The second-order valence-corrected chi connectivity index (χ2v) is 5.14. The van der Waals surface area contributed by atoms with E-state index in [4.69, 9.17) is 22.7 Å². The molecule has 2 aromatic carbocycles. The van der Waals surface area contributed by atoms with Gasteiger partial charge in [-0.05, 0) is 29.3 Å². The third-order valence-electron chi connectivity index (χ3n) is 2.91. The first-order valence-corrected chi connectivity index (χ1v) is 6.79. The Morgan fingerprint density at radius 3 is 2.45 bits per heavy atom. The van der Waals surface area contributed by atoms with Gasteiger partial charge in [0, 0.05) is 12.5 Å². The molecule has 0 bridgehead atoms. The molecule has 2 aromatic rings. The van der Waals surface area contributed by atoms with E-state index in [1.165, 1.54) is 24.3 Å². The molecule has 0 aliphatic rings. The minimum absolute atomic E-state index is 0.107. The largest absolute Gasteiger partial charge is 0.482 e. The second-order valence-electron chi connectivity index (χ2n) is 4.62. The summed E-state index contributed by atoms with van der Waals surface area (Å²) in [6.45, 7) is 0.107. The summed E-state index contributed by atoms with van der Waals surface area (Å²) in [6, 6.07) is 10.3. The number of nitrogens with two attached hydrogens (primary N) is 1. The molecule has 0 spiro atoms. The highest BCUT2D eigenvalue weighted by molar-refractivity contribution is 7.80. The maximum absolute atomic E-state index is 12.8. The van der Waals surface area contributed by atoms with Gasteiger partial charge in [0.15, 0.2) is 5.75 Å². The van der Waals surface area contributed by atoms with Gasteiger partial charge in [0.05, 0.1) is 9.91 Å². The van der Waals surface area contributed by atoms with Crippen LogP contribution < -0.4 is 10.5 Å². The van der Waals surface area contributed by atoms with Crippen molar-refractivity contribution in [3.8, 4) is 5.75 Å². The first-order valence-electron chi connectivity index (χ1n) is 6.38. The number of halogens is 1. The first kappa shape index (κ1) is 15.8.